The molecule has 0 aromatic heterocycles. The molecule has 1 N–H and O–H groups in total. The van der Waals surface area contributed by atoms with Crippen LogP contribution in [0.3, 0.4) is 0 Å². The van der Waals surface area contributed by atoms with E-state index < -0.39 is 18.2 Å². The molecule has 0 amide bonds. The second kappa shape index (κ2) is 4.31. The fourth-order valence-electron chi connectivity index (χ4n) is 1.45. The lowest BCUT2D eigenvalue weighted by Gasteiger charge is -2.31. The first kappa shape index (κ1) is 11.5. The molecule has 0 aromatic carbocycles. The van der Waals surface area contributed by atoms with Crippen molar-refractivity contribution in [3.8, 4) is 0 Å². The molecule has 1 unspecified atom stereocenters. The van der Waals surface area contributed by atoms with Crippen LogP contribution >= 0.6 is 22.9 Å². The van der Waals surface area contributed by atoms with Crippen LogP contribution in [0, 0.1) is 5.92 Å². The van der Waals surface area contributed by atoms with Gasteiger partial charge in [-0.15, -0.1) is 0 Å². The predicted octanol–water partition coefficient (Wildman–Crippen LogP) is 1.97. The molecular weight excluding hydrogens is 298 g/mol. The van der Waals surface area contributed by atoms with Gasteiger partial charge in [0.1, 0.15) is 0 Å². The number of halogens is 4. The van der Waals surface area contributed by atoms with Crippen LogP contribution in [0.4, 0.5) is 13.2 Å². The topological polar surface area (TPSA) is 23.5 Å². The summed E-state index contributed by atoms with van der Waals surface area (Å²) in [4.78, 5) is 0. The highest BCUT2D eigenvalue weighted by Crippen LogP contribution is 2.32. The molecule has 0 bridgehead atoms. The Morgan fingerprint density at radius 3 is 2.15 bits per heavy atom. The molecule has 1 atom stereocenters. The SMILES string of the molecule is OC(C1CCN(I)CC1)C(F)(F)F. The summed E-state index contributed by atoms with van der Waals surface area (Å²) in [6.07, 6.45) is -5.76. The molecule has 1 aliphatic rings. The van der Waals surface area contributed by atoms with E-state index in [-0.39, 0.29) is 0 Å². The molecule has 13 heavy (non-hydrogen) atoms. The Labute approximate surface area is 88.6 Å². The lowest BCUT2D eigenvalue weighted by atomic mass is 9.92. The number of aliphatic hydroxyl groups excluding tert-OH is 1. The normalized spacial score (nSPS) is 24.7. The van der Waals surface area contributed by atoms with Crippen molar-refractivity contribution in [3.05, 3.63) is 0 Å². The number of piperidine rings is 1. The summed E-state index contributed by atoms with van der Waals surface area (Å²) in [7, 11) is 0. The van der Waals surface area contributed by atoms with Crippen molar-refractivity contribution >= 4 is 22.9 Å². The summed E-state index contributed by atoms with van der Waals surface area (Å²) in [6.45, 7) is 1.25. The lowest BCUT2D eigenvalue weighted by Crippen LogP contribution is -2.40. The van der Waals surface area contributed by atoms with Crippen LogP contribution in [0.2, 0.25) is 0 Å². The van der Waals surface area contributed by atoms with Crippen LogP contribution in [-0.4, -0.2) is 33.6 Å². The molecule has 6 heteroatoms. The molecule has 0 aromatic rings. The van der Waals surface area contributed by atoms with Gasteiger partial charge in [-0.25, -0.2) is 3.11 Å². The van der Waals surface area contributed by atoms with E-state index >= 15 is 0 Å². The van der Waals surface area contributed by atoms with E-state index in [0.29, 0.717) is 25.9 Å². The van der Waals surface area contributed by atoms with E-state index in [1.807, 2.05) is 3.11 Å². The molecule has 1 rings (SSSR count). The molecule has 78 valence electrons. The first-order chi connectivity index (χ1) is 5.91. The molecule has 0 aliphatic carbocycles. The van der Waals surface area contributed by atoms with Gasteiger partial charge in [0.05, 0.1) is 0 Å². The summed E-state index contributed by atoms with van der Waals surface area (Å²) in [6, 6.07) is 0. The maximum Gasteiger partial charge on any atom is 0.414 e. The van der Waals surface area contributed by atoms with Gasteiger partial charge < -0.3 is 5.11 Å². The van der Waals surface area contributed by atoms with Gasteiger partial charge in [0, 0.05) is 36.0 Å². The second-order valence-electron chi connectivity index (χ2n) is 3.23. The molecule has 1 heterocycles. The van der Waals surface area contributed by atoms with E-state index in [9.17, 15) is 13.2 Å². The zero-order chi connectivity index (χ0) is 10.1. The fourth-order valence-corrected chi connectivity index (χ4v) is 2.01. The van der Waals surface area contributed by atoms with Crippen molar-refractivity contribution in [2.75, 3.05) is 13.1 Å². The van der Waals surface area contributed by atoms with Gasteiger partial charge in [-0.1, -0.05) is 0 Å². The van der Waals surface area contributed by atoms with Crippen molar-refractivity contribution in [1.82, 2.24) is 3.11 Å². The molecule has 1 aliphatic heterocycles. The summed E-state index contributed by atoms with van der Waals surface area (Å²) >= 11 is 2.08. The van der Waals surface area contributed by atoms with Crippen molar-refractivity contribution in [1.29, 1.82) is 0 Å². The van der Waals surface area contributed by atoms with Gasteiger partial charge in [-0.3, -0.25) is 0 Å². The van der Waals surface area contributed by atoms with Crippen LogP contribution in [0.5, 0.6) is 0 Å². The maximum atomic E-state index is 12.1. The standard InChI is InChI=1S/C7H11F3INO/c8-7(9,10)6(13)5-1-3-12(11)4-2-5/h5-6,13H,1-4H2. The van der Waals surface area contributed by atoms with Crippen LogP contribution in [0.15, 0.2) is 0 Å². The van der Waals surface area contributed by atoms with Crippen LogP contribution in [-0.2, 0) is 0 Å². The summed E-state index contributed by atoms with van der Waals surface area (Å²) in [5.74, 6) is -0.619. The molecule has 1 fully saturated rings. The monoisotopic (exact) mass is 309 g/mol. The third-order valence-electron chi connectivity index (χ3n) is 2.27. The fraction of sp³-hybridized carbons (Fsp3) is 1.00. The molecule has 0 spiro atoms. The van der Waals surface area contributed by atoms with Crippen LogP contribution < -0.4 is 0 Å². The minimum Gasteiger partial charge on any atom is -0.383 e. The maximum absolute atomic E-state index is 12.1. The largest absolute Gasteiger partial charge is 0.414 e. The minimum absolute atomic E-state index is 0.420. The number of hydrogen-bond donors (Lipinski definition) is 1. The number of aliphatic hydroxyl groups is 1. The third-order valence-corrected chi connectivity index (χ3v) is 3.23. The summed E-state index contributed by atoms with van der Waals surface area (Å²) < 4.78 is 38.1. The Morgan fingerprint density at radius 2 is 1.77 bits per heavy atom. The van der Waals surface area contributed by atoms with E-state index in [1.165, 1.54) is 0 Å². The predicted molar refractivity (Wildman–Crippen MR) is 50.4 cm³/mol. The number of hydrogen-bond acceptors (Lipinski definition) is 2. The number of alkyl halides is 3. The molecule has 2 nitrogen and oxygen atoms in total. The zero-order valence-corrected chi connectivity index (χ0v) is 9.05. The highest BCUT2D eigenvalue weighted by Gasteiger charge is 2.43. The first-order valence-corrected chi connectivity index (χ1v) is 5.03. The first-order valence-electron chi connectivity index (χ1n) is 4.07. The zero-order valence-electron chi connectivity index (χ0n) is 6.89. The Bertz CT molecular complexity index is 168. The minimum atomic E-state index is -4.46. The van der Waals surface area contributed by atoms with Gasteiger partial charge in [-0.05, 0) is 18.8 Å². The van der Waals surface area contributed by atoms with Gasteiger partial charge in [0.15, 0.2) is 6.10 Å². The molecule has 1 saturated heterocycles. The number of rotatable bonds is 1. The van der Waals surface area contributed by atoms with Gasteiger partial charge in [-0.2, -0.15) is 13.2 Å². The van der Waals surface area contributed by atoms with Gasteiger partial charge >= 0.3 is 6.18 Å². The van der Waals surface area contributed by atoms with Crippen molar-refractivity contribution in [3.63, 3.8) is 0 Å². The highest BCUT2D eigenvalue weighted by molar-refractivity contribution is 14.1. The molecule has 0 saturated carbocycles. The Hall–Kier alpha value is 0.440. The molecular formula is C7H11F3INO. The smallest absolute Gasteiger partial charge is 0.383 e. The van der Waals surface area contributed by atoms with Gasteiger partial charge in [0.25, 0.3) is 0 Å². The molecule has 0 radical (unpaired) electrons. The average molecular weight is 309 g/mol. The number of nitrogens with zero attached hydrogens (tertiary/aromatic N) is 1. The van der Waals surface area contributed by atoms with E-state index in [4.69, 9.17) is 5.11 Å². The van der Waals surface area contributed by atoms with Crippen molar-refractivity contribution < 1.29 is 18.3 Å². The van der Waals surface area contributed by atoms with E-state index in [0.717, 1.165) is 0 Å². The summed E-state index contributed by atoms with van der Waals surface area (Å²) in [5, 5.41) is 8.95. The quantitative estimate of drug-likeness (QED) is 0.591. The van der Waals surface area contributed by atoms with Crippen LogP contribution in [0.25, 0.3) is 0 Å². The van der Waals surface area contributed by atoms with Gasteiger partial charge in [0.2, 0.25) is 0 Å². The second-order valence-corrected chi connectivity index (χ2v) is 4.60. The highest BCUT2D eigenvalue weighted by atomic mass is 127. The van der Waals surface area contributed by atoms with E-state index in [2.05, 4.69) is 22.9 Å². The Balaban J connectivity index is 2.45. The Morgan fingerprint density at radius 1 is 1.31 bits per heavy atom. The Kier molecular flexibility index (Phi) is 3.82. The average Bonchev–Trinajstić information content (AvgIpc) is 2.03. The lowest BCUT2D eigenvalue weighted by molar-refractivity contribution is -0.222. The third kappa shape index (κ3) is 3.25. The van der Waals surface area contributed by atoms with Crippen molar-refractivity contribution in [2.45, 2.75) is 25.1 Å². The van der Waals surface area contributed by atoms with Crippen LogP contribution in [0.1, 0.15) is 12.8 Å². The summed E-state index contributed by atoms with van der Waals surface area (Å²) in [5.41, 5.74) is 0. The van der Waals surface area contributed by atoms with Crippen molar-refractivity contribution in [2.24, 2.45) is 5.92 Å². The van der Waals surface area contributed by atoms with E-state index in [1.54, 1.807) is 0 Å².